The molecule has 1 heterocycles. The van der Waals surface area contributed by atoms with Crippen LogP contribution in [0.2, 0.25) is 0 Å². The van der Waals surface area contributed by atoms with Crippen molar-refractivity contribution in [1.29, 1.82) is 0 Å². The highest BCUT2D eigenvalue weighted by Crippen LogP contribution is 2.08. The van der Waals surface area contributed by atoms with Gasteiger partial charge in [0.05, 0.1) is 0 Å². The van der Waals surface area contributed by atoms with Crippen molar-refractivity contribution in [2.75, 3.05) is 13.1 Å². The predicted molar refractivity (Wildman–Crippen MR) is 41.0 cm³/mol. The van der Waals surface area contributed by atoms with Gasteiger partial charge in [-0.05, 0) is 6.42 Å². The van der Waals surface area contributed by atoms with Gasteiger partial charge < -0.3 is 4.90 Å². The van der Waals surface area contributed by atoms with Gasteiger partial charge in [0.2, 0.25) is 5.78 Å². The maximum Gasteiger partial charge on any atom is 0.290 e. The molecule has 1 fully saturated rings. The molecule has 0 aromatic carbocycles. The number of nitrogens with zero attached hydrogens (tertiary/aromatic N) is 1. The van der Waals surface area contributed by atoms with Crippen LogP contribution in [0.5, 0.6) is 0 Å². The van der Waals surface area contributed by atoms with Crippen molar-refractivity contribution in [2.24, 2.45) is 5.92 Å². The number of ketones is 1. The van der Waals surface area contributed by atoms with Gasteiger partial charge in [0.15, 0.2) is 0 Å². The molecular formula is C8H13NO2. The van der Waals surface area contributed by atoms with Crippen LogP contribution in [0, 0.1) is 5.92 Å². The molecule has 1 rings (SSSR count). The minimum atomic E-state index is -0.300. The van der Waals surface area contributed by atoms with E-state index < -0.39 is 0 Å². The molecule has 0 unspecified atom stereocenters. The quantitative estimate of drug-likeness (QED) is 0.543. The molecule has 11 heavy (non-hydrogen) atoms. The van der Waals surface area contributed by atoms with Crippen LogP contribution < -0.4 is 0 Å². The molecule has 0 aliphatic carbocycles. The van der Waals surface area contributed by atoms with Gasteiger partial charge in [-0.3, -0.25) is 9.59 Å². The molecular weight excluding hydrogens is 142 g/mol. The van der Waals surface area contributed by atoms with Crippen molar-refractivity contribution in [1.82, 2.24) is 4.90 Å². The molecule has 0 atom stereocenters. The van der Waals surface area contributed by atoms with Crippen molar-refractivity contribution in [3.63, 3.8) is 0 Å². The van der Waals surface area contributed by atoms with Crippen LogP contribution in [0.25, 0.3) is 0 Å². The van der Waals surface area contributed by atoms with Crippen molar-refractivity contribution in [2.45, 2.75) is 20.3 Å². The first-order chi connectivity index (χ1) is 5.13. The van der Waals surface area contributed by atoms with Gasteiger partial charge in [-0.2, -0.15) is 0 Å². The van der Waals surface area contributed by atoms with E-state index in [1.807, 2.05) is 0 Å². The van der Waals surface area contributed by atoms with E-state index in [1.165, 1.54) is 0 Å². The van der Waals surface area contributed by atoms with E-state index in [0.29, 0.717) is 0 Å². The van der Waals surface area contributed by atoms with Gasteiger partial charge >= 0.3 is 0 Å². The minimum Gasteiger partial charge on any atom is -0.336 e. The van der Waals surface area contributed by atoms with Crippen molar-refractivity contribution in [3.8, 4) is 0 Å². The van der Waals surface area contributed by atoms with E-state index in [2.05, 4.69) is 0 Å². The highest BCUT2D eigenvalue weighted by Gasteiger charge is 2.27. The Morgan fingerprint density at radius 2 is 1.82 bits per heavy atom. The first-order valence-corrected chi connectivity index (χ1v) is 3.96. The highest BCUT2D eigenvalue weighted by molar-refractivity contribution is 6.36. The Bertz CT molecular complexity index is 183. The predicted octanol–water partition coefficient (Wildman–Crippen LogP) is 0.444. The smallest absolute Gasteiger partial charge is 0.290 e. The van der Waals surface area contributed by atoms with Crippen LogP contribution in [0.3, 0.4) is 0 Å². The van der Waals surface area contributed by atoms with Crippen LogP contribution in [-0.4, -0.2) is 29.7 Å². The molecule has 3 heteroatoms. The van der Waals surface area contributed by atoms with Crippen LogP contribution in [-0.2, 0) is 9.59 Å². The molecule has 0 bridgehead atoms. The zero-order valence-electron chi connectivity index (χ0n) is 6.96. The Morgan fingerprint density at radius 1 is 1.27 bits per heavy atom. The monoisotopic (exact) mass is 155 g/mol. The van der Waals surface area contributed by atoms with E-state index in [4.69, 9.17) is 0 Å². The second kappa shape index (κ2) is 3.03. The molecule has 0 aromatic rings. The fraction of sp³-hybridized carbons (Fsp3) is 0.750. The molecule has 1 saturated heterocycles. The van der Waals surface area contributed by atoms with Crippen LogP contribution in [0.4, 0.5) is 0 Å². The summed E-state index contributed by atoms with van der Waals surface area (Å²) < 4.78 is 0. The van der Waals surface area contributed by atoms with Crippen LogP contribution in [0.1, 0.15) is 20.3 Å². The molecule has 62 valence electrons. The topological polar surface area (TPSA) is 37.4 Å². The average Bonchev–Trinajstić information content (AvgIpc) is 1.82. The third-order valence-corrected chi connectivity index (χ3v) is 1.88. The lowest BCUT2D eigenvalue weighted by molar-refractivity contribution is -0.148. The molecule has 1 amide bonds. The number of carbonyl (C=O) groups is 2. The molecule has 3 nitrogen and oxygen atoms in total. The molecule has 0 saturated carbocycles. The maximum atomic E-state index is 11.1. The Morgan fingerprint density at radius 3 is 2.09 bits per heavy atom. The summed E-state index contributed by atoms with van der Waals surface area (Å²) >= 11 is 0. The van der Waals surface area contributed by atoms with Crippen molar-refractivity contribution < 1.29 is 9.59 Å². The Labute approximate surface area is 66.4 Å². The van der Waals surface area contributed by atoms with Gasteiger partial charge in [-0.15, -0.1) is 0 Å². The molecule has 0 aromatic heterocycles. The van der Waals surface area contributed by atoms with E-state index in [1.54, 1.807) is 18.7 Å². The van der Waals surface area contributed by atoms with E-state index >= 15 is 0 Å². The second-order valence-corrected chi connectivity index (χ2v) is 3.16. The van der Waals surface area contributed by atoms with Crippen LogP contribution >= 0.6 is 0 Å². The van der Waals surface area contributed by atoms with Gasteiger partial charge in [-0.1, -0.05) is 13.8 Å². The SMILES string of the molecule is CC(C)C(=O)C(=O)N1CCC1. The van der Waals surface area contributed by atoms with E-state index in [0.717, 1.165) is 19.5 Å². The first kappa shape index (κ1) is 8.24. The zero-order valence-corrected chi connectivity index (χ0v) is 6.96. The number of hydrogen-bond acceptors (Lipinski definition) is 2. The maximum absolute atomic E-state index is 11.1. The molecule has 1 aliphatic rings. The number of likely N-dealkylation sites (tertiary alicyclic amines) is 1. The third-order valence-electron chi connectivity index (χ3n) is 1.88. The van der Waals surface area contributed by atoms with Crippen molar-refractivity contribution in [3.05, 3.63) is 0 Å². The summed E-state index contributed by atoms with van der Waals surface area (Å²) in [6.07, 6.45) is 1.04. The standard InChI is InChI=1S/C8H13NO2/c1-6(2)7(10)8(11)9-4-3-5-9/h6H,3-5H2,1-2H3. The highest BCUT2D eigenvalue weighted by atomic mass is 16.2. The fourth-order valence-corrected chi connectivity index (χ4v) is 0.922. The molecule has 0 N–H and O–H groups in total. The summed E-state index contributed by atoms with van der Waals surface area (Å²) in [4.78, 5) is 23.8. The summed E-state index contributed by atoms with van der Waals surface area (Å²) in [7, 11) is 0. The number of Topliss-reactive ketones (excluding diaryl/α,β-unsaturated/α-hetero) is 1. The fourth-order valence-electron chi connectivity index (χ4n) is 0.922. The van der Waals surface area contributed by atoms with Gasteiger partial charge in [-0.25, -0.2) is 0 Å². The lowest BCUT2D eigenvalue weighted by atomic mass is 10.1. The number of amides is 1. The summed E-state index contributed by atoms with van der Waals surface area (Å²) in [5, 5.41) is 0. The number of hydrogen-bond donors (Lipinski definition) is 0. The molecule has 0 spiro atoms. The Balaban J connectivity index is 2.46. The Kier molecular flexibility index (Phi) is 2.27. The third kappa shape index (κ3) is 1.59. The summed E-state index contributed by atoms with van der Waals surface area (Å²) in [5.41, 5.74) is 0. The van der Waals surface area contributed by atoms with E-state index in [9.17, 15) is 9.59 Å². The second-order valence-electron chi connectivity index (χ2n) is 3.16. The number of rotatable bonds is 2. The van der Waals surface area contributed by atoms with Crippen LogP contribution in [0.15, 0.2) is 0 Å². The number of carbonyl (C=O) groups excluding carboxylic acids is 2. The summed E-state index contributed by atoms with van der Waals surface area (Å²) in [6, 6.07) is 0. The normalized spacial score (nSPS) is 16.5. The molecule has 1 aliphatic heterocycles. The van der Waals surface area contributed by atoms with Crippen molar-refractivity contribution >= 4 is 11.7 Å². The van der Waals surface area contributed by atoms with E-state index in [-0.39, 0.29) is 17.6 Å². The lowest BCUT2D eigenvalue weighted by Crippen LogP contribution is -2.46. The Hall–Kier alpha value is -0.860. The van der Waals surface area contributed by atoms with Gasteiger partial charge in [0, 0.05) is 19.0 Å². The largest absolute Gasteiger partial charge is 0.336 e. The first-order valence-electron chi connectivity index (χ1n) is 3.96. The summed E-state index contributed by atoms with van der Waals surface area (Å²) in [6.45, 7) is 5.02. The average molecular weight is 155 g/mol. The molecule has 0 radical (unpaired) electrons. The lowest BCUT2D eigenvalue weighted by Gasteiger charge is -2.30. The van der Waals surface area contributed by atoms with Gasteiger partial charge in [0.25, 0.3) is 5.91 Å². The summed E-state index contributed by atoms with van der Waals surface area (Å²) in [5.74, 6) is -0.723. The minimum absolute atomic E-state index is 0.164. The van der Waals surface area contributed by atoms with Gasteiger partial charge in [0.1, 0.15) is 0 Å². The zero-order chi connectivity index (χ0) is 8.43.